The van der Waals surface area contributed by atoms with Gasteiger partial charge in [-0.1, -0.05) is 73.5 Å². The summed E-state index contributed by atoms with van der Waals surface area (Å²) in [5.74, 6) is -0.136. The Bertz CT molecular complexity index is 1010. The van der Waals surface area contributed by atoms with E-state index in [4.69, 9.17) is 5.10 Å². The van der Waals surface area contributed by atoms with Crippen molar-refractivity contribution in [1.82, 2.24) is 20.4 Å². The highest BCUT2D eigenvalue weighted by atomic mass is 16.2. The van der Waals surface area contributed by atoms with Crippen LogP contribution >= 0.6 is 0 Å². The smallest absolute Gasteiger partial charge is 0.239 e. The van der Waals surface area contributed by atoms with Gasteiger partial charge in [0, 0.05) is 29.8 Å². The lowest BCUT2D eigenvalue weighted by molar-refractivity contribution is -0.128. The molecule has 2 aromatic carbocycles. The molecule has 1 aliphatic carbocycles. The first-order valence-electron chi connectivity index (χ1n) is 10.9. The Labute approximate surface area is 182 Å². The Morgan fingerprint density at radius 1 is 0.935 bits per heavy atom. The molecule has 2 N–H and O–H groups in total. The fourth-order valence-corrected chi connectivity index (χ4v) is 4.04. The number of nitrogens with zero attached hydrogens (tertiary/aromatic N) is 2. The molecule has 0 bridgehead atoms. The van der Waals surface area contributed by atoms with E-state index in [2.05, 4.69) is 22.8 Å². The van der Waals surface area contributed by atoms with E-state index < -0.39 is 0 Å². The van der Waals surface area contributed by atoms with Crippen LogP contribution in [-0.2, 0) is 22.7 Å². The van der Waals surface area contributed by atoms with Crippen molar-refractivity contribution in [1.29, 1.82) is 0 Å². The second kappa shape index (κ2) is 10.1. The molecule has 1 aliphatic rings. The van der Waals surface area contributed by atoms with E-state index in [-0.39, 0.29) is 24.3 Å². The number of amides is 2. The Morgan fingerprint density at radius 2 is 1.61 bits per heavy atom. The molecule has 1 saturated carbocycles. The highest BCUT2D eigenvalue weighted by Crippen LogP contribution is 2.24. The number of nitrogens with one attached hydrogen (secondary N) is 2. The fourth-order valence-electron chi connectivity index (χ4n) is 4.04. The van der Waals surface area contributed by atoms with Gasteiger partial charge in [0.15, 0.2) is 0 Å². The van der Waals surface area contributed by atoms with Crippen LogP contribution < -0.4 is 10.6 Å². The highest BCUT2D eigenvalue weighted by Gasteiger charge is 2.22. The van der Waals surface area contributed by atoms with E-state index >= 15 is 0 Å². The first kappa shape index (κ1) is 20.8. The minimum atomic E-state index is -0.193. The maximum absolute atomic E-state index is 12.3. The maximum atomic E-state index is 12.3. The van der Waals surface area contributed by atoms with Crippen LogP contribution in [-0.4, -0.2) is 28.1 Å². The topological polar surface area (TPSA) is 76.0 Å². The fraction of sp³-hybridized carbons (Fsp3) is 0.320. The predicted molar refractivity (Wildman–Crippen MR) is 120 cm³/mol. The molecule has 0 saturated heterocycles. The molecule has 0 unspecified atom stereocenters. The molecule has 0 atom stereocenters. The normalized spacial score (nSPS) is 13.8. The average molecular weight is 417 g/mol. The van der Waals surface area contributed by atoms with Crippen LogP contribution in [0.4, 0.5) is 0 Å². The Balaban J connectivity index is 1.41. The third-order valence-corrected chi connectivity index (χ3v) is 5.70. The van der Waals surface area contributed by atoms with Crippen molar-refractivity contribution >= 4 is 11.8 Å². The molecule has 1 aromatic heterocycles. The van der Waals surface area contributed by atoms with Gasteiger partial charge in [-0.25, -0.2) is 0 Å². The molecular weight excluding hydrogens is 388 g/mol. The van der Waals surface area contributed by atoms with Gasteiger partial charge in [0.1, 0.15) is 0 Å². The van der Waals surface area contributed by atoms with Gasteiger partial charge >= 0.3 is 0 Å². The molecule has 160 valence electrons. The quantitative estimate of drug-likeness (QED) is 0.590. The van der Waals surface area contributed by atoms with Gasteiger partial charge in [0.2, 0.25) is 11.8 Å². The van der Waals surface area contributed by atoms with Crippen molar-refractivity contribution in [2.45, 2.75) is 38.8 Å². The first-order chi connectivity index (χ1) is 15.2. The van der Waals surface area contributed by atoms with Crippen molar-refractivity contribution in [2.24, 2.45) is 5.92 Å². The molecule has 1 heterocycles. The summed E-state index contributed by atoms with van der Waals surface area (Å²) in [5, 5.41) is 10.5. The SMILES string of the molecule is O=C(CNC(=O)C1CCCC1)NCc1cn(Cc2ccccc2)nc1-c1ccccc1. The van der Waals surface area contributed by atoms with E-state index in [1.165, 1.54) is 0 Å². The lowest BCUT2D eigenvalue weighted by Gasteiger charge is -2.10. The molecular formula is C25H28N4O2. The van der Waals surface area contributed by atoms with Crippen LogP contribution in [0.2, 0.25) is 0 Å². The molecule has 6 nitrogen and oxygen atoms in total. The summed E-state index contributed by atoms with van der Waals surface area (Å²) >= 11 is 0. The summed E-state index contributed by atoms with van der Waals surface area (Å²) in [5.41, 5.74) is 3.97. The standard InChI is InChI=1S/C25H28N4O2/c30-23(16-27-25(31)21-13-7-8-14-21)26-15-22-18-29(17-19-9-3-1-4-10-19)28-24(22)20-11-5-2-6-12-20/h1-6,9-12,18,21H,7-8,13-17H2,(H,26,30)(H,27,31). The molecule has 2 amide bonds. The number of benzene rings is 2. The van der Waals surface area contributed by atoms with Gasteiger partial charge in [0.05, 0.1) is 18.8 Å². The number of rotatable bonds is 8. The summed E-state index contributed by atoms with van der Waals surface area (Å²) in [6.45, 7) is 1.03. The molecule has 1 fully saturated rings. The third kappa shape index (κ3) is 5.60. The zero-order valence-corrected chi connectivity index (χ0v) is 17.6. The summed E-state index contributed by atoms with van der Waals surface area (Å²) in [6.07, 6.45) is 6.02. The minimum Gasteiger partial charge on any atom is -0.350 e. The third-order valence-electron chi connectivity index (χ3n) is 5.70. The molecule has 0 spiro atoms. The Morgan fingerprint density at radius 3 is 2.32 bits per heavy atom. The summed E-state index contributed by atoms with van der Waals surface area (Å²) < 4.78 is 1.90. The van der Waals surface area contributed by atoms with Crippen LogP contribution in [0.15, 0.2) is 66.9 Å². The monoisotopic (exact) mass is 416 g/mol. The number of hydrogen-bond acceptors (Lipinski definition) is 3. The van der Waals surface area contributed by atoms with Gasteiger partial charge in [-0.3, -0.25) is 14.3 Å². The largest absolute Gasteiger partial charge is 0.350 e. The van der Waals surface area contributed by atoms with Gasteiger partial charge in [-0.15, -0.1) is 0 Å². The zero-order valence-electron chi connectivity index (χ0n) is 17.6. The van der Waals surface area contributed by atoms with Crippen LogP contribution in [0.5, 0.6) is 0 Å². The van der Waals surface area contributed by atoms with E-state index in [1.54, 1.807) is 0 Å². The number of aromatic nitrogens is 2. The van der Waals surface area contributed by atoms with E-state index in [9.17, 15) is 9.59 Å². The molecule has 6 heteroatoms. The lowest BCUT2D eigenvalue weighted by atomic mass is 10.1. The minimum absolute atomic E-state index is 0.00620. The number of carbonyl (C=O) groups excluding carboxylic acids is 2. The second-order valence-corrected chi connectivity index (χ2v) is 8.03. The van der Waals surface area contributed by atoms with Gasteiger partial charge < -0.3 is 10.6 Å². The molecule has 4 rings (SSSR count). The highest BCUT2D eigenvalue weighted by molar-refractivity contribution is 5.86. The van der Waals surface area contributed by atoms with Crippen LogP contribution in [0.3, 0.4) is 0 Å². The zero-order chi connectivity index (χ0) is 21.5. The number of hydrogen-bond donors (Lipinski definition) is 2. The van der Waals surface area contributed by atoms with E-state index in [0.29, 0.717) is 13.1 Å². The molecule has 31 heavy (non-hydrogen) atoms. The summed E-state index contributed by atoms with van der Waals surface area (Å²) in [6, 6.07) is 20.1. The molecule has 0 radical (unpaired) electrons. The number of carbonyl (C=O) groups is 2. The summed E-state index contributed by atoms with van der Waals surface area (Å²) in [7, 11) is 0. The van der Waals surface area contributed by atoms with Crippen molar-refractivity contribution < 1.29 is 9.59 Å². The van der Waals surface area contributed by atoms with Crippen LogP contribution in [0.1, 0.15) is 36.8 Å². The Hall–Kier alpha value is -3.41. The first-order valence-corrected chi connectivity index (χ1v) is 10.9. The predicted octanol–water partition coefficient (Wildman–Crippen LogP) is 3.52. The van der Waals surface area contributed by atoms with Gasteiger partial charge in [0.25, 0.3) is 0 Å². The van der Waals surface area contributed by atoms with E-state index in [1.807, 2.05) is 59.4 Å². The molecule has 3 aromatic rings. The van der Waals surface area contributed by atoms with Gasteiger partial charge in [-0.2, -0.15) is 5.10 Å². The Kier molecular flexibility index (Phi) is 6.77. The van der Waals surface area contributed by atoms with Crippen molar-refractivity contribution in [2.75, 3.05) is 6.54 Å². The van der Waals surface area contributed by atoms with Crippen LogP contribution in [0, 0.1) is 5.92 Å². The lowest BCUT2D eigenvalue weighted by Crippen LogP contribution is -2.38. The van der Waals surface area contributed by atoms with Gasteiger partial charge in [-0.05, 0) is 18.4 Å². The van der Waals surface area contributed by atoms with Crippen molar-refractivity contribution in [3.05, 3.63) is 78.0 Å². The second-order valence-electron chi connectivity index (χ2n) is 8.03. The average Bonchev–Trinajstić information content (AvgIpc) is 3.48. The van der Waals surface area contributed by atoms with Crippen molar-refractivity contribution in [3.63, 3.8) is 0 Å². The van der Waals surface area contributed by atoms with Crippen LogP contribution in [0.25, 0.3) is 11.3 Å². The van der Waals surface area contributed by atoms with E-state index in [0.717, 1.165) is 48.1 Å². The maximum Gasteiger partial charge on any atom is 0.239 e. The van der Waals surface area contributed by atoms with Crippen molar-refractivity contribution in [3.8, 4) is 11.3 Å². The summed E-state index contributed by atoms with van der Waals surface area (Å²) in [4.78, 5) is 24.5. The molecule has 0 aliphatic heterocycles.